The van der Waals surface area contributed by atoms with Crippen LogP contribution in [0.15, 0.2) is 58.5 Å². The number of fused-ring (bicyclic) bond motifs is 1. The first kappa shape index (κ1) is 28.7. The molecule has 3 atom stereocenters. The number of piperidine rings is 2. The molecule has 0 N–H and O–H groups in total. The maximum absolute atomic E-state index is 13.6. The second-order valence-electron chi connectivity index (χ2n) is 12.1. The quantitative estimate of drug-likeness (QED) is 0.333. The summed E-state index contributed by atoms with van der Waals surface area (Å²) in [6.45, 7) is 13.7. The molecule has 5 heteroatoms. The maximum atomic E-state index is 13.6. The molecule has 5 rings (SSSR count). The lowest BCUT2D eigenvalue weighted by molar-refractivity contribution is -0.129. The fraction of sp³-hybridized carbons (Fsp3) is 0.618. The summed E-state index contributed by atoms with van der Waals surface area (Å²) >= 11 is 1.93. The van der Waals surface area contributed by atoms with Crippen LogP contribution >= 0.6 is 11.8 Å². The van der Waals surface area contributed by atoms with Crippen LogP contribution in [-0.2, 0) is 9.53 Å². The molecule has 2 aliphatic heterocycles. The van der Waals surface area contributed by atoms with Crippen LogP contribution in [-0.4, -0.2) is 65.9 Å². The van der Waals surface area contributed by atoms with E-state index < -0.39 is 0 Å². The third-order valence-corrected chi connectivity index (χ3v) is 10.4. The van der Waals surface area contributed by atoms with Crippen molar-refractivity contribution in [2.75, 3.05) is 32.8 Å². The number of likely N-dealkylation sites (tertiary alicyclic amines) is 2. The lowest BCUT2D eigenvalue weighted by atomic mass is 9.71. The third kappa shape index (κ3) is 6.92. The molecule has 0 bridgehead atoms. The molecule has 0 radical (unpaired) electrons. The van der Waals surface area contributed by atoms with E-state index in [-0.39, 0.29) is 0 Å². The van der Waals surface area contributed by atoms with Crippen LogP contribution in [0.25, 0.3) is 5.57 Å². The molecule has 2 saturated heterocycles. The second kappa shape index (κ2) is 13.2. The van der Waals surface area contributed by atoms with Gasteiger partial charge in [-0.3, -0.25) is 9.69 Å². The Bertz CT molecular complexity index is 1070. The number of amides is 1. The van der Waals surface area contributed by atoms with Crippen molar-refractivity contribution < 1.29 is 9.53 Å². The van der Waals surface area contributed by atoms with Gasteiger partial charge in [-0.2, -0.15) is 0 Å². The Kier molecular flexibility index (Phi) is 9.73. The Morgan fingerprint density at radius 1 is 1.03 bits per heavy atom. The zero-order chi connectivity index (χ0) is 27.4. The molecule has 39 heavy (non-hydrogen) atoms. The normalized spacial score (nSPS) is 26.5. The van der Waals surface area contributed by atoms with Crippen molar-refractivity contribution in [3.8, 4) is 0 Å². The number of nitrogens with zero attached hydrogens (tertiary/aromatic N) is 2. The van der Waals surface area contributed by atoms with E-state index in [2.05, 4.69) is 80.0 Å². The minimum Gasteiger partial charge on any atom is -0.378 e. The molecular weight excluding hydrogens is 500 g/mol. The molecule has 3 fully saturated rings. The highest BCUT2D eigenvalue weighted by atomic mass is 32.2. The van der Waals surface area contributed by atoms with Gasteiger partial charge in [-0.1, -0.05) is 49.8 Å². The van der Waals surface area contributed by atoms with Gasteiger partial charge in [0.25, 0.3) is 0 Å². The lowest BCUT2D eigenvalue weighted by Crippen LogP contribution is -2.49. The van der Waals surface area contributed by atoms with Crippen molar-refractivity contribution in [1.82, 2.24) is 9.80 Å². The summed E-state index contributed by atoms with van der Waals surface area (Å²) in [5, 5.41) is 0.615. The van der Waals surface area contributed by atoms with Crippen molar-refractivity contribution in [2.24, 2.45) is 11.8 Å². The molecule has 3 unspecified atom stereocenters. The van der Waals surface area contributed by atoms with E-state index in [9.17, 15) is 4.79 Å². The van der Waals surface area contributed by atoms with Gasteiger partial charge in [0.05, 0.1) is 6.10 Å². The molecule has 2 heterocycles. The molecule has 1 amide bonds. The first-order valence-electron chi connectivity index (χ1n) is 15.4. The van der Waals surface area contributed by atoms with Gasteiger partial charge in [-0.05, 0) is 93.9 Å². The molecule has 0 spiro atoms. The molecule has 1 aromatic carbocycles. The number of thioether (sulfide) groups is 1. The third-order valence-electron chi connectivity index (χ3n) is 9.39. The standard InChI is InChI=1S/C34H48N2O2S/c1-5-38-30-11-14-32-28(23-30)7-6-8-33(32)34(37)36-21-17-29(18-22-36)35-19-15-27(16-20-35)25(4)26-9-12-31(13-10-26)39-24(2)3/h6-10,12-13,24,28-30,32H,5,11,14-23H2,1-4H3. The number of carbonyl (C=O) groups excluding carboxylic acids is 1. The van der Waals surface area contributed by atoms with Gasteiger partial charge in [0, 0.05) is 54.5 Å². The predicted octanol–water partition coefficient (Wildman–Crippen LogP) is 7.37. The van der Waals surface area contributed by atoms with E-state index in [1.807, 2.05) is 11.8 Å². The number of benzene rings is 1. The summed E-state index contributed by atoms with van der Waals surface area (Å²) in [5.41, 5.74) is 5.52. The van der Waals surface area contributed by atoms with E-state index in [1.54, 1.807) is 5.57 Å². The largest absolute Gasteiger partial charge is 0.378 e. The number of hydrogen-bond acceptors (Lipinski definition) is 4. The monoisotopic (exact) mass is 548 g/mol. The molecule has 212 valence electrons. The van der Waals surface area contributed by atoms with Gasteiger partial charge < -0.3 is 9.64 Å². The molecule has 1 saturated carbocycles. The topological polar surface area (TPSA) is 32.8 Å². The molecular formula is C34H48N2O2S. The Labute approximate surface area is 240 Å². The fourth-order valence-corrected chi connectivity index (χ4v) is 8.05. The highest BCUT2D eigenvalue weighted by molar-refractivity contribution is 7.99. The average Bonchev–Trinajstić information content (AvgIpc) is 2.96. The van der Waals surface area contributed by atoms with Gasteiger partial charge in [-0.25, -0.2) is 0 Å². The van der Waals surface area contributed by atoms with Crippen LogP contribution in [0.4, 0.5) is 0 Å². The Hall–Kier alpha value is -1.82. The molecule has 1 aromatic rings. The molecule has 4 nitrogen and oxygen atoms in total. The van der Waals surface area contributed by atoms with Crippen molar-refractivity contribution in [3.05, 3.63) is 59.2 Å². The van der Waals surface area contributed by atoms with Gasteiger partial charge in [0.2, 0.25) is 5.91 Å². The minimum absolute atomic E-state index is 0.292. The summed E-state index contributed by atoms with van der Waals surface area (Å²) in [5.74, 6) is 1.12. The Morgan fingerprint density at radius 3 is 2.41 bits per heavy atom. The molecule has 4 aliphatic rings. The van der Waals surface area contributed by atoms with E-state index in [4.69, 9.17) is 4.74 Å². The van der Waals surface area contributed by atoms with Crippen LogP contribution in [0.5, 0.6) is 0 Å². The Morgan fingerprint density at radius 2 is 1.74 bits per heavy atom. The number of allylic oxidation sites excluding steroid dienone is 4. The number of hydrogen-bond donors (Lipinski definition) is 0. The molecule has 2 aliphatic carbocycles. The van der Waals surface area contributed by atoms with Crippen LogP contribution in [0.1, 0.15) is 78.2 Å². The SMILES string of the molecule is CCOC1CCC2C(C(=O)N3CCC(N4CCC(=C(C)c5ccc(SC(C)C)cc5)CC4)CC3)=CC=CC2C1. The summed E-state index contributed by atoms with van der Waals surface area (Å²) in [6, 6.07) is 9.77. The molecule has 0 aromatic heterocycles. The summed E-state index contributed by atoms with van der Waals surface area (Å²) in [4.78, 5) is 19.8. The van der Waals surface area contributed by atoms with Crippen LogP contribution in [0.3, 0.4) is 0 Å². The number of rotatable bonds is 7. The lowest BCUT2D eigenvalue weighted by Gasteiger charge is -2.42. The average molecular weight is 549 g/mol. The predicted molar refractivity (Wildman–Crippen MR) is 164 cm³/mol. The van der Waals surface area contributed by atoms with Crippen molar-refractivity contribution >= 4 is 23.2 Å². The first-order valence-corrected chi connectivity index (χ1v) is 16.3. The Balaban J connectivity index is 1.11. The van der Waals surface area contributed by atoms with E-state index in [0.717, 1.165) is 70.5 Å². The smallest absolute Gasteiger partial charge is 0.250 e. The van der Waals surface area contributed by atoms with Gasteiger partial charge in [0.1, 0.15) is 0 Å². The van der Waals surface area contributed by atoms with Gasteiger partial charge in [-0.15, -0.1) is 11.8 Å². The van der Waals surface area contributed by atoms with Crippen LogP contribution < -0.4 is 0 Å². The second-order valence-corrected chi connectivity index (χ2v) is 13.8. The van der Waals surface area contributed by atoms with Crippen molar-refractivity contribution in [2.45, 2.75) is 94.9 Å². The van der Waals surface area contributed by atoms with E-state index in [1.165, 1.54) is 28.9 Å². The minimum atomic E-state index is 0.292. The number of carbonyl (C=O) groups is 1. The van der Waals surface area contributed by atoms with E-state index in [0.29, 0.717) is 35.1 Å². The van der Waals surface area contributed by atoms with Crippen LogP contribution in [0.2, 0.25) is 0 Å². The summed E-state index contributed by atoms with van der Waals surface area (Å²) < 4.78 is 5.91. The summed E-state index contributed by atoms with van der Waals surface area (Å²) in [6.07, 6.45) is 14.6. The van der Waals surface area contributed by atoms with Crippen molar-refractivity contribution in [3.63, 3.8) is 0 Å². The maximum Gasteiger partial charge on any atom is 0.250 e. The highest BCUT2D eigenvalue weighted by Crippen LogP contribution is 2.40. The van der Waals surface area contributed by atoms with Gasteiger partial charge in [0.15, 0.2) is 0 Å². The zero-order valence-electron chi connectivity index (χ0n) is 24.5. The van der Waals surface area contributed by atoms with E-state index >= 15 is 0 Å². The highest BCUT2D eigenvalue weighted by Gasteiger charge is 2.38. The zero-order valence-corrected chi connectivity index (χ0v) is 25.3. The fourth-order valence-electron chi connectivity index (χ4n) is 7.22. The van der Waals surface area contributed by atoms with Crippen molar-refractivity contribution in [1.29, 1.82) is 0 Å². The van der Waals surface area contributed by atoms with Crippen LogP contribution in [0, 0.1) is 11.8 Å². The first-order chi connectivity index (χ1) is 18.9. The number of ether oxygens (including phenoxy) is 1. The van der Waals surface area contributed by atoms with Gasteiger partial charge >= 0.3 is 0 Å². The summed E-state index contributed by atoms with van der Waals surface area (Å²) in [7, 11) is 0.